The van der Waals surface area contributed by atoms with Crippen LogP contribution in [0.25, 0.3) is 0 Å². The number of ether oxygens (including phenoxy) is 2. The number of aliphatic hydroxyl groups excluding tert-OH is 1. The van der Waals surface area contributed by atoms with Crippen molar-refractivity contribution in [3.8, 4) is 5.75 Å². The van der Waals surface area contributed by atoms with Crippen LogP contribution in [-0.2, 0) is 4.74 Å². The fraction of sp³-hybridized carbons (Fsp3) is 0.353. The van der Waals surface area contributed by atoms with Crippen molar-refractivity contribution in [2.45, 2.75) is 20.0 Å². The largest absolute Gasteiger partial charge is 0.467 e. The van der Waals surface area contributed by atoms with Crippen molar-refractivity contribution in [1.82, 2.24) is 10.3 Å². The lowest BCUT2D eigenvalue weighted by atomic mass is 10.0. The minimum atomic E-state index is -0.789. The van der Waals surface area contributed by atoms with Crippen molar-refractivity contribution in [2.24, 2.45) is 0 Å². The van der Waals surface area contributed by atoms with Gasteiger partial charge in [-0.2, -0.15) is 0 Å². The zero-order chi connectivity index (χ0) is 16.8. The van der Waals surface area contributed by atoms with Gasteiger partial charge in [0.2, 0.25) is 0 Å². The van der Waals surface area contributed by atoms with E-state index in [4.69, 9.17) is 9.47 Å². The molecule has 6 nitrogen and oxygen atoms in total. The first-order valence-corrected chi connectivity index (χ1v) is 7.35. The molecule has 1 aromatic carbocycles. The summed E-state index contributed by atoms with van der Waals surface area (Å²) in [4.78, 5) is 14.7. The van der Waals surface area contributed by atoms with Crippen molar-refractivity contribution in [2.75, 3.05) is 20.4 Å². The Kier molecular flexibility index (Phi) is 5.78. The monoisotopic (exact) mass is 318 g/mol. The van der Waals surface area contributed by atoms with Gasteiger partial charge in [0.1, 0.15) is 11.4 Å². The van der Waals surface area contributed by atoms with Gasteiger partial charge in [0, 0.05) is 19.9 Å². The van der Waals surface area contributed by atoms with Crippen LogP contribution in [0.1, 0.15) is 33.3 Å². The molecule has 0 saturated heterocycles. The zero-order valence-corrected chi connectivity index (χ0v) is 13.6. The third kappa shape index (κ3) is 4.34. The van der Waals surface area contributed by atoms with E-state index in [0.29, 0.717) is 5.69 Å². The molecule has 0 radical (unpaired) electrons. The number of hydrogen-bond acceptors (Lipinski definition) is 4. The summed E-state index contributed by atoms with van der Waals surface area (Å²) in [6, 6.07) is 7.13. The van der Waals surface area contributed by atoms with E-state index in [1.165, 1.54) is 0 Å². The van der Waals surface area contributed by atoms with Crippen LogP contribution >= 0.6 is 0 Å². The summed E-state index contributed by atoms with van der Waals surface area (Å²) in [7, 11) is 1.57. The highest BCUT2D eigenvalue weighted by molar-refractivity contribution is 5.92. The van der Waals surface area contributed by atoms with E-state index in [9.17, 15) is 9.90 Å². The van der Waals surface area contributed by atoms with E-state index < -0.39 is 6.10 Å². The lowest BCUT2D eigenvalue weighted by Crippen LogP contribution is -2.28. The van der Waals surface area contributed by atoms with Crippen molar-refractivity contribution < 1.29 is 19.4 Å². The van der Waals surface area contributed by atoms with Crippen LogP contribution in [0.15, 0.2) is 30.5 Å². The van der Waals surface area contributed by atoms with E-state index >= 15 is 0 Å². The predicted molar refractivity (Wildman–Crippen MR) is 86.5 cm³/mol. The lowest BCUT2D eigenvalue weighted by Gasteiger charge is -2.17. The van der Waals surface area contributed by atoms with Crippen molar-refractivity contribution in [1.29, 1.82) is 0 Å². The molecule has 0 fully saturated rings. The number of hydrogen-bond donors (Lipinski definition) is 3. The Balaban J connectivity index is 2.02. The number of carbonyl (C=O) groups excluding carboxylic acids is 1. The number of aliphatic hydroxyl groups is 1. The topological polar surface area (TPSA) is 83.6 Å². The van der Waals surface area contributed by atoms with Gasteiger partial charge in [0.15, 0.2) is 6.79 Å². The van der Waals surface area contributed by atoms with Crippen LogP contribution in [-0.4, -0.2) is 36.4 Å². The third-order valence-corrected chi connectivity index (χ3v) is 3.49. The quantitative estimate of drug-likeness (QED) is 0.683. The van der Waals surface area contributed by atoms with Crippen LogP contribution in [0, 0.1) is 13.8 Å². The molecule has 6 heteroatoms. The number of nitrogens with one attached hydrogen (secondary N) is 2. The van der Waals surface area contributed by atoms with Gasteiger partial charge in [0.05, 0.1) is 6.10 Å². The Bertz CT molecular complexity index is 630. The van der Waals surface area contributed by atoms with Crippen molar-refractivity contribution >= 4 is 5.91 Å². The van der Waals surface area contributed by atoms with Gasteiger partial charge in [-0.05, 0) is 54.8 Å². The molecule has 1 atom stereocenters. The van der Waals surface area contributed by atoms with E-state index in [0.717, 1.165) is 22.4 Å². The summed E-state index contributed by atoms with van der Waals surface area (Å²) >= 11 is 0. The number of methoxy groups -OCH3 is 1. The maximum atomic E-state index is 11.9. The molecule has 1 aromatic heterocycles. The number of aromatic nitrogens is 1. The molecular formula is C17H22N2O4. The Hall–Kier alpha value is -2.31. The van der Waals surface area contributed by atoms with Gasteiger partial charge in [-0.3, -0.25) is 4.79 Å². The summed E-state index contributed by atoms with van der Waals surface area (Å²) in [6.45, 7) is 4.13. The molecule has 0 bridgehead atoms. The number of aryl methyl sites for hydroxylation is 2. The van der Waals surface area contributed by atoms with E-state index in [1.54, 1.807) is 25.4 Å². The second-order valence-electron chi connectivity index (χ2n) is 5.34. The van der Waals surface area contributed by atoms with Gasteiger partial charge < -0.3 is 24.9 Å². The number of benzene rings is 1. The van der Waals surface area contributed by atoms with Crippen LogP contribution in [0.5, 0.6) is 5.75 Å². The molecule has 3 N–H and O–H groups in total. The molecular weight excluding hydrogens is 296 g/mol. The van der Waals surface area contributed by atoms with Gasteiger partial charge in [-0.25, -0.2) is 0 Å². The normalized spacial score (nSPS) is 12.0. The standard InChI is InChI=1S/C17H22N2O4/c1-11-7-13(8-12(2)16(11)23-10-22-3)15(20)9-19-17(21)14-5-4-6-18-14/h4-8,15,18,20H,9-10H2,1-3H3,(H,19,21). The lowest BCUT2D eigenvalue weighted by molar-refractivity contribution is 0.0500. The minimum absolute atomic E-state index is 0.134. The first-order valence-electron chi connectivity index (χ1n) is 7.35. The average molecular weight is 318 g/mol. The highest BCUT2D eigenvalue weighted by Crippen LogP contribution is 2.27. The third-order valence-electron chi connectivity index (χ3n) is 3.49. The maximum Gasteiger partial charge on any atom is 0.267 e. The van der Waals surface area contributed by atoms with Gasteiger partial charge in [-0.15, -0.1) is 0 Å². The summed E-state index contributed by atoms with van der Waals surface area (Å²) < 4.78 is 10.4. The molecule has 0 aliphatic heterocycles. The fourth-order valence-corrected chi connectivity index (χ4v) is 2.40. The number of amides is 1. The summed E-state index contributed by atoms with van der Waals surface area (Å²) in [5.41, 5.74) is 3.02. The first-order chi connectivity index (χ1) is 11.0. The van der Waals surface area contributed by atoms with Crippen LogP contribution < -0.4 is 10.1 Å². The van der Waals surface area contributed by atoms with E-state index in [1.807, 2.05) is 26.0 Å². The Morgan fingerprint density at radius 2 is 2.04 bits per heavy atom. The highest BCUT2D eigenvalue weighted by Gasteiger charge is 2.14. The van der Waals surface area contributed by atoms with Gasteiger partial charge >= 0.3 is 0 Å². The zero-order valence-electron chi connectivity index (χ0n) is 13.6. The minimum Gasteiger partial charge on any atom is -0.467 e. The maximum absolute atomic E-state index is 11.9. The number of H-pyrrole nitrogens is 1. The Morgan fingerprint density at radius 3 is 2.61 bits per heavy atom. The van der Waals surface area contributed by atoms with Crippen LogP contribution in [0.4, 0.5) is 0 Å². The Labute approximate surface area is 135 Å². The predicted octanol–water partition coefficient (Wildman–Crippen LogP) is 2.08. The Morgan fingerprint density at radius 1 is 1.35 bits per heavy atom. The molecule has 2 rings (SSSR count). The molecule has 23 heavy (non-hydrogen) atoms. The highest BCUT2D eigenvalue weighted by atomic mass is 16.7. The average Bonchev–Trinajstić information content (AvgIpc) is 3.05. The molecule has 0 aliphatic rings. The van der Waals surface area contributed by atoms with Crippen LogP contribution in [0.3, 0.4) is 0 Å². The molecule has 1 heterocycles. The summed E-state index contributed by atoms with van der Waals surface area (Å²) in [6.07, 6.45) is 0.888. The number of rotatable bonds is 7. The first kappa shape index (κ1) is 17.1. The molecule has 0 spiro atoms. The SMILES string of the molecule is COCOc1c(C)cc(C(O)CNC(=O)c2ccc[nH]2)cc1C. The summed E-state index contributed by atoms with van der Waals surface area (Å²) in [5.74, 6) is 0.501. The summed E-state index contributed by atoms with van der Waals surface area (Å²) in [5, 5.41) is 13.0. The van der Waals surface area contributed by atoms with Gasteiger partial charge in [0.25, 0.3) is 5.91 Å². The smallest absolute Gasteiger partial charge is 0.267 e. The van der Waals surface area contributed by atoms with Crippen molar-refractivity contribution in [3.63, 3.8) is 0 Å². The second kappa shape index (κ2) is 7.80. The molecule has 1 unspecified atom stereocenters. The molecule has 0 saturated carbocycles. The fourth-order valence-electron chi connectivity index (χ4n) is 2.40. The molecule has 124 valence electrons. The molecule has 2 aromatic rings. The molecule has 0 aliphatic carbocycles. The van der Waals surface area contributed by atoms with E-state index in [-0.39, 0.29) is 19.2 Å². The second-order valence-corrected chi connectivity index (χ2v) is 5.34. The number of aromatic amines is 1. The van der Waals surface area contributed by atoms with E-state index in [2.05, 4.69) is 10.3 Å². The van der Waals surface area contributed by atoms with Gasteiger partial charge in [-0.1, -0.05) is 0 Å². The molecule has 1 amide bonds. The van der Waals surface area contributed by atoms with Crippen molar-refractivity contribution in [3.05, 3.63) is 52.8 Å². The number of carbonyl (C=O) groups is 1. The van der Waals surface area contributed by atoms with Crippen LogP contribution in [0.2, 0.25) is 0 Å².